The minimum Gasteiger partial charge on any atom is -0.462 e. The SMILES string of the molecule is CC(C)OC(=O)C(=O)C(Cl)C(=O)OC(C)C. The van der Waals surface area contributed by atoms with Crippen LogP contribution in [0.1, 0.15) is 27.7 Å². The first-order valence-electron chi connectivity index (χ1n) is 4.85. The lowest BCUT2D eigenvalue weighted by Crippen LogP contribution is -2.35. The summed E-state index contributed by atoms with van der Waals surface area (Å²) in [5.41, 5.74) is 0. The number of carbonyl (C=O) groups is 3. The molecular formula is C10H15ClO5. The van der Waals surface area contributed by atoms with Gasteiger partial charge in [0, 0.05) is 0 Å². The number of carbonyl (C=O) groups excluding carboxylic acids is 3. The minimum atomic E-state index is -1.64. The molecule has 0 amide bonds. The van der Waals surface area contributed by atoms with Gasteiger partial charge < -0.3 is 9.47 Å². The van der Waals surface area contributed by atoms with Gasteiger partial charge in [-0.05, 0) is 27.7 Å². The van der Waals surface area contributed by atoms with E-state index in [-0.39, 0.29) is 0 Å². The van der Waals surface area contributed by atoms with Crippen molar-refractivity contribution in [1.82, 2.24) is 0 Å². The number of Topliss-reactive ketones (excluding diaryl/α,β-unsaturated/α-hetero) is 1. The van der Waals surface area contributed by atoms with Gasteiger partial charge in [-0.15, -0.1) is 11.6 Å². The molecule has 0 fully saturated rings. The van der Waals surface area contributed by atoms with Crippen LogP contribution in [-0.2, 0) is 23.9 Å². The first-order valence-corrected chi connectivity index (χ1v) is 5.28. The molecule has 0 radical (unpaired) electrons. The Bertz CT molecular complexity index is 285. The van der Waals surface area contributed by atoms with Crippen LogP contribution >= 0.6 is 11.6 Å². The molecule has 6 heteroatoms. The Morgan fingerprint density at radius 2 is 1.38 bits per heavy atom. The number of alkyl halides is 1. The quantitative estimate of drug-likeness (QED) is 0.316. The third-order valence-corrected chi connectivity index (χ3v) is 1.71. The van der Waals surface area contributed by atoms with E-state index in [1.54, 1.807) is 27.7 Å². The van der Waals surface area contributed by atoms with Crippen LogP contribution in [0.4, 0.5) is 0 Å². The zero-order valence-corrected chi connectivity index (χ0v) is 10.4. The molecule has 0 aromatic rings. The van der Waals surface area contributed by atoms with E-state index in [2.05, 4.69) is 9.47 Å². The van der Waals surface area contributed by atoms with Crippen molar-refractivity contribution in [3.63, 3.8) is 0 Å². The van der Waals surface area contributed by atoms with Crippen molar-refractivity contribution in [1.29, 1.82) is 0 Å². The topological polar surface area (TPSA) is 69.7 Å². The van der Waals surface area contributed by atoms with Crippen molar-refractivity contribution in [3.8, 4) is 0 Å². The summed E-state index contributed by atoms with van der Waals surface area (Å²) in [5, 5.41) is -1.64. The molecule has 0 bridgehead atoms. The Hall–Kier alpha value is -1.10. The van der Waals surface area contributed by atoms with Gasteiger partial charge in [0.15, 0.2) is 0 Å². The van der Waals surface area contributed by atoms with Gasteiger partial charge in [-0.2, -0.15) is 0 Å². The maximum atomic E-state index is 11.3. The molecule has 0 heterocycles. The Labute approximate surface area is 99.0 Å². The van der Waals surface area contributed by atoms with E-state index < -0.39 is 35.3 Å². The summed E-state index contributed by atoms with van der Waals surface area (Å²) in [6.45, 7) is 6.39. The van der Waals surface area contributed by atoms with Crippen molar-refractivity contribution in [3.05, 3.63) is 0 Å². The van der Waals surface area contributed by atoms with E-state index in [4.69, 9.17) is 11.6 Å². The maximum Gasteiger partial charge on any atom is 0.377 e. The number of ketones is 1. The Balaban J connectivity index is 4.38. The number of hydrogen-bond acceptors (Lipinski definition) is 5. The van der Waals surface area contributed by atoms with E-state index in [1.165, 1.54) is 0 Å². The van der Waals surface area contributed by atoms with Gasteiger partial charge in [-0.3, -0.25) is 4.79 Å². The average molecular weight is 251 g/mol. The first-order chi connectivity index (χ1) is 7.25. The lowest BCUT2D eigenvalue weighted by molar-refractivity contribution is -0.160. The van der Waals surface area contributed by atoms with Crippen molar-refractivity contribution in [2.75, 3.05) is 0 Å². The number of hydrogen-bond donors (Lipinski definition) is 0. The van der Waals surface area contributed by atoms with E-state index >= 15 is 0 Å². The molecule has 1 unspecified atom stereocenters. The lowest BCUT2D eigenvalue weighted by Gasteiger charge is -2.12. The van der Waals surface area contributed by atoms with Gasteiger partial charge in [-0.25, -0.2) is 9.59 Å². The Morgan fingerprint density at radius 1 is 0.938 bits per heavy atom. The summed E-state index contributed by atoms with van der Waals surface area (Å²) < 4.78 is 9.30. The summed E-state index contributed by atoms with van der Waals surface area (Å²) in [6, 6.07) is 0. The van der Waals surface area contributed by atoms with Gasteiger partial charge in [-0.1, -0.05) is 0 Å². The smallest absolute Gasteiger partial charge is 0.377 e. The van der Waals surface area contributed by atoms with Gasteiger partial charge in [0.1, 0.15) is 0 Å². The number of ether oxygens (including phenoxy) is 2. The van der Waals surface area contributed by atoms with Gasteiger partial charge >= 0.3 is 11.9 Å². The summed E-state index contributed by atoms with van der Waals surface area (Å²) in [4.78, 5) is 33.6. The van der Waals surface area contributed by atoms with E-state index in [1.807, 2.05) is 0 Å². The molecule has 0 saturated heterocycles. The normalized spacial score (nSPS) is 12.4. The fourth-order valence-corrected chi connectivity index (χ4v) is 0.915. The maximum absolute atomic E-state index is 11.3. The third kappa shape index (κ3) is 5.11. The second kappa shape index (κ2) is 6.48. The molecule has 0 aromatic heterocycles. The molecule has 0 N–H and O–H groups in total. The highest BCUT2D eigenvalue weighted by atomic mass is 35.5. The van der Waals surface area contributed by atoms with E-state index in [0.717, 1.165) is 0 Å². The molecular weight excluding hydrogens is 236 g/mol. The fourth-order valence-electron chi connectivity index (χ4n) is 0.775. The lowest BCUT2D eigenvalue weighted by atomic mass is 10.3. The average Bonchev–Trinajstić information content (AvgIpc) is 2.13. The molecule has 16 heavy (non-hydrogen) atoms. The molecule has 92 valence electrons. The predicted octanol–water partition coefficient (Wildman–Crippen LogP) is 1.07. The van der Waals surface area contributed by atoms with Crippen LogP contribution in [0, 0.1) is 0 Å². The van der Waals surface area contributed by atoms with Crippen LogP contribution in [0.2, 0.25) is 0 Å². The van der Waals surface area contributed by atoms with E-state index in [0.29, 0.717) is 0 Å². The zero-order chi connectivity index (χ0) is 12.9. The molecule has 0 aliphatic carbocycles. The first kappa shape index (κ1) is 14.9. The highest BCUT2D eigenvalue weighted by molar-refractivity contribution is 6.54. The predicted molar refractivity (Wildman–Crippen MR) is 57.1 cm³/mol. The van der Waals surface area contributed by atoms with Gasteiger partial charge in [0.2, 0.25) is 5.38 Å². The van der Waals surface area contributed by atoms with Crippen LogP contribution in [0.15, 0.2) is 0 Å². The Kier molecular flexibility index (Phi) is 6.03. The molecule has 1 atom stereocenters. The fraction of sp³-hybridized carbons (Fsp3) is 0.700. The zero-order valence-electron chi connectivity index (χ0n) is 9.65. The number of esters is 2. The van der Waals surface area contributed by atoms with Crippen molar-refractivity contribution in [2.45, 2.75) is 45.3 Å². The van der Waals surface area contributed by atoms with Crippen molar-refractivity contribution >= 4 is 29.3 Å². The largest absolute Gasteiger partial charge is 0.462 e. The van der Waals surface area contributed by atoms with Gasteiger partial charge in [0.05, 0.1) is 12.2 Å². The third-order valence-electron chi connectivity index (χ3n) is 1.33. The van der Waals surface area contributed by atoms with Crippen LogP contribution in [0.25, 0.3) is 0 Å². The minimum absolute atomic E-state index is 0.400. The monoisotopic (exact) mass is 250 g/mol. The van der Waals surface area contributed by atoms with Crippen LogP contribution in [-0.4, -0.2) is 35.3 Å². The summed E-state index contributed by atoms with van der Waals surface area (Å²) in [6.07, 6.45) is -0.843. The van der Waals surface area contributed by atoms with Crippen molar-refractivity contribution in [2.24, 2.45) is 0 Å². The van der Waals surface area contributed by atoms with Gasteiger partial charge in [0.25, 0.3) is 5.78 Å². The molecule has 0 saturated carbocycles. The molecule has 0 aliphatic rings. The summed E-state index contributed by atoms with van der Waals surface area (Å²) in [5.74, 6) is -3.18. The second-order valence-electron chi connectivity index (χ2n) is 3.67. The number of halogens is 1. The van der Waals surface area contributed by atoms with E-state index in [9.17, 15) is 14.4 Å². The molecule has 5 nitrogen and oxygen atoms in total. The van der Waals surface area contributed by atoms with Crippen LogP contribution in [0.3, 0.4) is 0 Å². The Morgan fingerprint density at radius 3 is 1.75 bits per heavy atom. The molecule has 0 aliphatic heterocycles. The van der Waals surface area contributed by atoms with Crippen molar-refractivity contribution < 1.29 is 23.9 Å². The highest BCUT2D eigenvalue weighted by Crippen LogP contribution is 2.05. The standard InChI is InChI=1S/C10H15ClO5/c1-5(2)15-9(13)7(11)8(12)10(14)16-6(3)4/h5-7H,1-4H3. The molecule has 0 rings (SSSR count). The van der Waals surface area contributed by atoms with Crippen LogP contribution in [0.5, 0.6) is 0 Å². The molecule has 0 aromatic carbocycles. The number of rotatable bonds is 5. The van der Waals surface area contributed by atoms with Crippen LogP contribution < -0.4 is 0 Å². The second-order valence-corrected chi connectivity index (χ2v) is 4.10. The summed E-state index contributed by atoms with van der Waals surface area (Å²) >= 11 is 5.48. The summed E-state index contributed by atoms with van der Waals surface area (Å²) in [7, 11) is 0. The molecule has 0 spiro atoms. The highest BCUT2D eigenvalue weighted by Gasteiger charge is 2.33.